The second-order valence-electron chi connectivity index (χ2n) is 5.96. The Morgan fingerprint density at radius 1 is 1.29 bits per heavy atom. The fourth-order valence-corrected chi connectivity index (χ4v) is 3.26. The number of hydrogen-bond acceptors (Lipinski definition) is 2. The molecule has 0 aromatic heterocycles. The normalized spacial score (nSPS) is 21.3. The molecular weight excluding hydrogens is 268 g/mol. The summed E-state index contributed by atoms with van der Waals surface area (Å²) < 4.78 is 0. The monoisotopic (exact) mass is 288 g/mol. The van der Waals surface area contributed by atoms with Gasteiger partial charge in [-0.3, -0.25) is 4.79 Å². The molecule has 0 spiro atoms. The Kier molecular flexibility index (Phi) is 3.82. The first kappa shape index (κ1) is 13.9. The van der Waals surface area contributed by atoms with Crippen molar-refractivity contribution < 1.29 is 14.7 Å². The third-order valence-electron chi connectivity index (χ3n) is 4.37. The first-order chi connectivity index (χ1) is 10.1. The molecule has 1 aliphatic heterocycles. The van der Waals surface area contributed by atoms with Crippen LogP contribution in [0.2, 0.25) is 0 Å². The standard InChI is InChI=1S/C16H20N2O3/c19-15(20)8-11-9-18(10-11)16(21)17-14-7-3-5-12-4-1-2-6-13(12)14/h1-2,4,6,11,14H,3,5,7-10H2,(H,17,21)(H,19,20). The highest BCUT2D eigenvalue weighted by Gasteiger charge is 2.33. The number of carboxylic acid groups (broad SMARTS) is 1. The summed E-state index contributed by atoms with van der Waals surface area (Å²) in [5, 5.41) is 11.8. The van der Waals surface area contributed by atoms with E-state index in [0.717, 1.165) is 19.3 Å². The van der Waals surface area contributed by atoms with E-state index in [-0.39, 0.29) is 24.4 Å². The highest BCUT2D eigenvalue weighted by Crippen LogP contribution is 2.30. The molecule has 0 bridgehead atoms. The number of carboxylic acids is 1. The summed E-state index contributed by atoms with van der Waals surface area (Å²) >= 11 is 0. The summed E-state index contributed by atoms with van der Waals surface area (Å²) in [5.41, 5.74) is 2.54. The molecule has 112 valence electrons. The zero-order valence-corrected chi connectivity index (χ0v) is 11.9. The van der Waals surface area contributed by atoms with Gasteiger partial charge in [0.25, 0.3) is 0 Å². The molecule has 1 aromatic carbocycles. The summed E-state index contributed by atoms with van der Waals surface area (Å²) in [6.45, 7) is 1.10. The molecule has 5 heteroatoms. The maximum atomic E-state index is 12.2. The van der Waals surface area contributed by atoms with E-state index in [1.807, 2.05) is 12.1 Å². The molecule has 2 N–H and O–H groups in total. The van der Waals surface area contributed by atoms with E-state index in [9.17, 15) is 9.59 Å². The lowest BCUT2D eigenvalue weighted by Gasteiger charge is -2.39. The van der Waals surface area contributed by atoms with Crippen LogP contribution in [0.4, 0.5) is 4.79 Å². The summed E-state index contributed by atoms with van der Waals surface area (Å²) in [7, 11) is 0. The molecule has 3 rings (SSSR count). The largest absolute Gasteiger partial charge is 0.481 e. The topological polar surface area (TPSA) is 69.6 Å². The summed E-state index contributed by atoms with van der Waals surface area (Å²) in [4.78, 5) is 24.5. The highest BCUT2D eigenvalue weighted by atomic mass is 16.4. The second-order valence-corrected chi connectivity index (χ2v) is 5.96. The average molecular weight is 288 g/mol. The zero-order chi connectivity index (χ0) is 14.8. The van der Waals surface area contributed by atoms with Gasteiger partial charge in [0.1, 0.15) is 0 Å². The molecule has 1 unspecified atom stereocenters. The number of urea groups is 1. The van der Waals surface area contributed by atoms with Crippen molar-refractivity contribution in [3.63, 3.8) is 0 Å². The van der Waals surface area contributed by atoms with Crippen molar-refractivity contribution in [1.29, 1.82) is 0 Å². The molecule has 0 saturated carbocycles. The number of fused-ring (bicyclic) bond motifs is 1. The maximum absolute atomic E-state index is 12.2. The van der Waals surface area contributed by atoms with Gasteiger partial charge in [0, 0.05) is 19.0 Å². The molecule has 2 aliphatic rings. The van der Waals surface area contributed by atoms with E-state index in [1.165, 1.54) is 11.1 Å². The van der Waals surface area contributed by atoms with Crippen LogP contribution >= 0.6 is 0 Å². The number of aryl methyl sites for hydroxylation is 1. The van der Waals surface area contributed by atoms with Gasteiger partial charge < -0.3 is 15.3 Å². The molecule has 1 atom stereocenters. The number of carbonyl (C=O) groups excluding carboxylic acids is 1. The fraction of sp³-hybridized carbons (Fsp3) is 0.500. The Balaban J connectivity index is 1.56. The molecule has 0 radical (unpaired) electrons. The minimum absolute atomic E-state index is 0.0710. The second kappa shape index (κ2) is 5.76. The maximum Gasteiger partial charge on any atom is 0.317 e. The van der Waals surface area contributed by atoms with E-state index in [2.05, 4.69) is 17.4 Å². The summed E-state index contributed by atoms with van der Waals surface area (Å²) in [6, 6.07) is 8.27. The predicted molar refractivity (Wildman–Crippen MR) is 78.0 cm³/mol. The number of nitrogens with one attached hydrogen (secondary N) is 1. The van der Waals surface area contributed by atoms with E-state index in [1.54, 1.807) is 4.90 Å². The molecule has 2 amide bonds. The van der Waals surface area contributed by atoms with Crippen molar-refractivity contribution in [1.82, 2.24) is 10.2 Å². The molecule has 1 heterocycles. The van der Waals surface area contributed by atoms with E-state index in [4.69, 9.17) is 5.11 Å². The van der Waals surface area contributed by atoms with Crippen molar-refractivity contribution in [3.05, 3.63) is 35.4 Å². The molecular formula is C16H20N2O3. The Labute approximate surface area is 123 Å². The first-order valence-electron chi connectivity index (χ1n) is 7.48. The summed E-state index contributed by atoms with van der Waals surface area (Å²) in [5.74, 6) is -0.687. The van der Waals surface area contributed by atoms with Crippen LogP contribution in [0.25, 0.3) is 0 Å². The molecule has 5 nitrogen and oxygen atoms in total. The predicted octanol–water partition coefficient (Wildman–Crippen LogP) is 2.18. The van der Waals surface area contributed by atoms with E-state index < -0.39 is 5.97 Å². The van der Waals surface area contributed by atoms with Gasteiger partial charge in [-0.05, 0) is 30.4 Å². The number of hydrogen-bond donors (Lipinski definition) is 2. The molecule has 1 fully saturated rings. The lowest BCUT2D eigenvalue weighted by molar-refractivity contribution is -0.139. The average Bonchev–Trinajstić information content (AvgIpc) is 2.42. The van der Waals surface area contributed by atoms with Crippen LogP contribution in [0.15, 0.2) is 24.3 Å². The number of benzene rings is 1. The van der Waals surface area contributed by atoms with Crippen LogP contribution in [0, 0.1) is 5.92 Å². The highest BCUT2D eigenvalue weighted by molar-refractivity contribution is 5.76. The van der Waals surface area contributed by atoms with Gasteiger partial charge in [-0.25, -0.2) is 4.79 Å². The van der Waals surface area contributed by atoms with E-state index in [0.29, 0.717) is 13.1 Å². The quantitative estimate of drug-likeness (QED) is 0.895. The van der Waals surface area contributed by atoms with Crippen LogP contribution < -0.4 is 5.32 Å². The van der Waals surface area contributed by atoms with Crippen molar-refractivity contribution in [2.24, 2.45) is 5.92 Å². The Bertz CT molecular complexity index is 552. The number of aliphatic carboxylic acids is 1. The van der Waals surface area contributed by atoms with Crippen molar-refractivity contribution in [2.75, 3.05) is 13.1 Å². The number of carbonyl (C=O) groups is 2. The number of amides is 2. The van der Waals surface area contributed by atoms with Crippen LogP contribution in [0.3, 0.4) is 0 Å². The number of rotatable bonds is 3. The Morgan fingerprint density at radius 3 is 2.81 bits per heavy atom. The minimum atomic E-state index is -0.790. The van der Waals surface area contributed by atoms with Crippen LogP contribution in [0.1, 0.15) is 36.4 Å². The summed E-state index contributed by atoms with van der Waals surface area (Å²) in [6.07, 6.45) is 3.28. The van der Waals surface area contributed by atoms with Gasteiger partial charge in [-0.15, -0.1) is 0 Å². The number of nitrogens with zero attached hydrogens (tertiary/aromatic N) is 1. The molecule has 21 heavy (non-hydrogen) atoms. The van der Waals surface area contributed by atoms with Gasteiger partial charge >= 0.3 is 12.0 Å². The van der Waals surface area contributed by atoms with Gasteiger partial charge in [-0.1, -0.05) is 24.3 Å². The van der Waals surface area contributed by atoms with Crippen molar-refractivity contribution in [3.8, 4) is 0 Å². The third kappa shape index (κ3) is 3.01. The minimum Gasteiger partial charge on any atom is -0.481 e. The van der Waals surface area contributed by atoms with E-state index >= 15 is 0 Å². The van der Waals surface area contributed by atoms with Crippen molar-refractivity contribution in [2.45, 2.75) is 31.7 Å². The van der Waals surface area contributed by atoms with Crippen LogP contribution in [-0.2, 0) is 11.2 Å². The van der Waals surface area contributed by atoms with Crippen LogP contribution in [0.5, 0.6) is 0 Å². The Hall–Kier alpha value is -2.04. The molecule has 1 aromatic rings. The van der Waals surface area contributed by atoms with Gasteiger partial charge in [0.05, 0.1) is 12.5 Å². The van der Waals surface area contributed by atoms with Gasteiger partial charge in [0.15, 0.2) is 0 Å². The van der Waals surface area contributed by atoms with Crippen LogP contribution in [-0.4, -0.2) is 35.1 Å². The lowest BCUT2D eigenvalue weighted by atomic mass is 9.88. The van der Waals surface area contributed by atoms with Gasteiger partial charge in [-0.2, -0.15) is 0 Å². The number of likely N-dealkylation sites (tertiary alicyclic amines) is 1. The Morgan fingerprint density at radius 2 is 2.05 bits per heavy atom. The smallest absolute Gasteiger partial charge is 0.317 e. The van der Waals surface area contributed by atoms with Crippen molar-refractivity contribution >= 4 is 12.0 Å². The van der Waals surface area contributed by atoms with Gasteiger partial charge in [0.2, 0.25) is 0 Å². The zero-order valence-electron chi connectivity index (χ0n) is 11.9. The lowest BCUT2D eigenvalue weighted by Crippen LogP contribution is -2.54. The first-order valence-corrected chi connectivity index (χ1v) is 7.48. The fourth-order valence-electron chi connectivity index (χ4n) is 3.26. The SMILES string of the molecule is O=C(O)CC1CN(C(=O)NC2CCCc3ccccc32)C1. The molecule has 1 aliphatic carbocycles. The molecule has 1 saturated heterocycles. The third-order valence-corrected chi connectivity index (χ3v) is 4.37.